The number of hydrogen-bond donors (Lipinski definition) is 1. The van der Waals surface area contributed by atoms with Crippen LogP contribution in [0.15, 0.2) is 66.4 Å². The van der Waals surface area contributed by atoms with Crippen molar-refractivity contribution < 1.29 is 33.7 Å². The van der Waals surface area contributed by atoms with Crippen molar-refractivity contribution in [1.82, 2.24) is 0 Å². The molecule has 0 spiro atoms. The summed E-state index contributed by atoms with van der Waals surface area (Å²) in [5.74, 6) is -0.548. The molecule has 3 aromatic rings. The van der Waals surface area contributed by atoms with E-state index in [0.29, 0.717) is 33.8 Å². The van der Waals surface area contributed by atoms with Crippen LogP contribution in [-0.2, 0) is 9.53 Å². The molecule has 5 rings (SSSR count). The smallest absolute Gasteiger partial charge is 0.337 e. The summed E-state index contributed by atoms with van der Waals surface area (Å²) >= 11 is 0. The minimum absolute atomic E-state index is 0.0832. The number of methoxy groups -OCH3 is 1. The maximum Gasteiger partial charge on any atom is 0.337 e. The Balaban J connectivity index is 1.54. The topological polar surface area (TPSA) is 99.1 Å². The largest absolute Gasteiger partial charge is 0.508 e. The van der Waals surface area contributed by atoms with E-state index in [-0.39, 0.29) is 35.6 Å². The number of phenolic OH excluding ortho intramolecular Hbond substituents is 1. The van der Waals surface area contributed by atoms with Gasteiger partial charge in [0.1, 0.15) is 17.2 Å². The number of aromatic hydroxyl groups is 1. The highest BCUT2D eigenvalue weighted by molar-refractivity contribution is 6.15. The average molecular weight is 442 g/mol. The number of Topliss-reactive ketones (excluding diaryl/α,β-unsaturated/α-hetero) is 1. The lowest BCUT2D eigenvalue weighted by molar-refractivity contribution is -0.135. The van der Waals surface area contributed by atoms with Crippen LogP contribution in [0.1, 0.15) is 49.7 Å². The van der Waals surface area contributed by atoms with Crippen LogP contribution in [0, 0.1) is 0 Å². The highest BCUT2D eigenvalue weighted by Gasteiger charge is 2.38. The summed E-state index contributed by atoms with van der Waals surface area (Å²) in [5.41, 5.74) is 2.87. The zero-order valence-electron chi connectivity index (χ0n) is 17.5. The van der Waals surface area contributed by atoms with E-state index in [0.717, 1.165) is 5.56 Å². The van der Waals surface area contributed by atoms with Crippen molar-refractivity contribution in [2.75, 3.05) is 7.11 Å². The first kappa shape index (κ1) is 20.5. The molecule has 0 aromatic heterocycles. The Hall–Kier alpha value is -4.39. The summed E-state index contributed by atoms with van der Waals surface area (Å²) in [4.78, 5) is 36.9. The van der Waals surface area contributed by atoms with Gasteiger partial charge in [0.15, 0.2) is 5.76 Å². The molecule has 0 saturated carbocycles. The van der Waals surface area contributed by atoms with Gasteiger partial charge in [0, 0.05) is 11.5 Å². The number of phenols is 1. The second-order valence-corrected chi connectivity index (χ2v) is 7.73. The molecule has 0 amide bonds. The molecule has 2 aliphatic rings. The molecule has 2 heterocycles. The summed E-state index contributed by atoms with van der Waals surface area (Å²) < 4.78 is 16.1. The zero-order chi connectivity index (χ0) is 23.1. The number of carbonyl (C=O) groups excluding carboxylic acids is 3. The van der Waals surface area contributed by atoms with Gasteiger partial charge in [-0.25, -0.2) is 4.79 Å². The molecule has 1 atom stereocenters. The van der Waals surface area contributed by atoms with Crippen molar-refractivity contribution in [2.24, 2.45) is 0 Å². The molecule has 1 N–H and O–H groups in total. The highest BCUT2D eigenvalue weighted by atomic mass is 16.5. The van der Waals surface area contributed by atoms with Gasteiger partial charge in [0.05, 0.1) is 24.7 Å². The van der Waals surface area contributed by atoms with Crippen molar-refractivity contribution in [3.8, 4) is 17.2 Å². The van der Waals surface area contributed by atoms with E-state index >= 15 is 0 Å². The van der Waals surface area contributed by atoms with Gasteiger partial charge in [-0.3, -0.25) is 9.59 Å². The number of esters is 2. The predicted octanol–water partition coefficient (Wildman–Crippen LogP) is 4.24. The van der Waals surface area contributed by atoms with Crippen LogP contribution in [0.2, 0.25) is 0 Å². The number of ketones is 1. The van der Waals surface area contributed by atoms with E-state index in [2.05, 4.69) is 0 Å². The molecule has 7 nitrogen and oxygen atoms in total. The molecule has 0 fully saturated rings. The maximum atomic E-state index is 13.1. The fourth-order valence-corrected chi connectivity index (χ4v) is 4.08. The lowest BCUT2D eigenvalue weighted by Gasteiger charge is -2.26. The molecule has 2 aliphatic heterocycles. The molecule has 0 radical (unpaired) electrons. The molecular formula is C26H18O7. The Kier molecular flexibility index (Phi) is 4.94. The summed E-state index contributed by atoms with van der Waals surface area (Å²) in [5, 5.41) is 9.63. The first-order chi connectivity index (χ1) is 15.9. The van der Waals surface area contributed by atoms with E-state index < -0.39 is 5.97 Å². The molecular weight excluding hydrogens is 424 g/mol. The number of allylic oxidation sites excluding steroid dienone is 1. The third-order valence-corrected chi connectivity index (χ3v) is 5.70. The van der Waals surface area contributed by atoms with Gasteiger partial charge in [0.2, 0.25) is 5.78 Å². The Morgan fingerprint density at radius 1 is 1.00 bits per heavy atom. The Morgan fingerprint density at radius 2 is 1.73 bits per heavy atom. The SMILES string of the molecule is COC(=O)c1ccc(C=C2Oc3c(ccc4c3C(c3ccc(O)cc3)CC(=O)O4)C2=O)cc1. The van der Waals surface area contributed by atoms with Crippen LogP contribution in [0.3, 0.4) is 0 Å². The minimum Gasteiger partial charge on any atom is -0.508 e. The maximum absolute atomic E-state index is 13.1. The van der Waals surface area contributed by atoms with E-state index in [4.69, 9.17) is 14.2 Å². The third kappa shape index (κ3) is 3.63. The Bertz CT molecular complexity index is 1320. The summed E-state index contributed by atoms with van der Waals surface area (Å²) in [7, 11) is 1.31. The lowest BCUT2D eigenvalue weighted by atomic mass is 9.84. The van der Waals surface area contributed by atoms with Crippen LogP contribution in [0.25, 0.3) is 6.08 Å². The van der Waals surface area contributed by atoms with Gasteiger partial charge in [0.25, 0.3) is 0 Å². The van der Waals surface area contributed by atoms with Crippen molar-refractivity contribution >= 4 is 23.8 Å². The van der Waals surface area contributed by atoms with Gasteiger partial charge in [-0.15, -0.1) is 0 Å². The molecule has 7 heteroatoms. The van der Waals surface area contributed by atoms with Gasteiger partial charge in [-0.1, -0.05) is 24.3 Å². The third-order valence-electron chi connectivity index (χ3n) is 5.70. The molecule has 0 bridgehead atoms. The number of carbonyl (C=O) groups is 3. The quantitative estimate of drug-likeness (QED) is 0.368. The number of benzene rings is 3. The zero-order valence-corrected chi connectivity index (χ0v) is 17.5. The highest BCUT2D eigenvalue weighted by Crippen LogP contribution is 2.49. The first-order valence-corrected chi connectivity index (χ1v) is 10.2. The first-order valence-electron chi connectivity index (χ1n) is 10.2. The summed E-state index contributed by atoms with van der Waals surface area (Å²) in [6.45, 7) is 0. The van der Waals surface area contributed by atoms with Crippen LogP contribution >= 0.6 is 0 Å². The van der Waals surface area contributed by atoms with Gasteiger partial charge < -0.3 is 19.3 Å². The average Bonchev–Trinajstić information content (AvgIpc) is 3.14. The number of fused-ring (bicyclic) bond motifs is 3. The second kappa shape index (κ2) is 7.94. The van der Waals surface area contributed by atoms with Crippen LogP contribution < -0.4 is 9.47 Å². The van der Waals surface area contributed by atoms with Crippen molar-refractivity contribution in [2.45, 2.75) is 12.3 Å². The fraction of sp³-hybridized carbons (Fsp3) is 0.115. The molecule has 1 unspecified atom stereocenters. The van der Waals surface area contributed by atoms with E-state index in [1.807, 2.05) is 0 Å². The predicted molar refractivity (Wildman–Crippen MR) is 117 cm³/mol. The molecule has 0 aliphatic carbocycles. The van der Waals surface area contributed by atoms with Crippen LogP contribution in [0.4, 0.5) is 0 Å². The van der Waals surface area contributed by atoms with Crippen molar-refractivity contribution in [3.05, 3.63) is 94.2 Å². The monoisotopic (exact) mass is 442 g/mol. The number of rotatable bonds is 3. The second-order valence-electron chi connectivity index (χ2n) is 7.73. The summed E-state index contributed by atoms with van der Waals surface area (Å²) in [6.07, 6.45) is 1.68. The Morgan fingerprint density at radius 3 is 2.42 bits per heavy atom. The standard InChI is InChI=1S/C26H18O7/c1-31-26(30)16-4-2-14(3-5-16)12-21-24(29)18-10-11-20-23(25(18)33-21)19(13-22(28)32-20)15-6-8-17(27)9-7-15/h2-12,19,27H,13H2,1H3. The fourth-order valence-electron chi connectivity index (χ4n) is 4.08. The van der Waals surface area contributed by atoms with E-state index in [9.17, 15) is 19.5 Å². The molecule has 33 heavy (non-hydrogen) atoms. The van der Waals surface area contributed by atoms with Crippen LogP contribution in [0.5, 0.6) is 17.2 Å². The van der Waals surface area contributed by atoms with E-state index in [1.165, 1.54) is 7.11 Å². The van der Waals surface area contributed by atoms with Gasteiger partial charge in [-0.2, -0.15) is 0 Å². The summed E-state index contributed by atoms with van der Waals surface area (Å²) in [6, 6.07) is 16.3. The molecule has 164 valence electrons. The number of ether oxygens (including phenoxy) is 3. The Labute approximate surface area is 188 Å². The number of hydrogen-bond acceptors (Lipinski definition) is 7. The lowest BCUT2D eigenvalue weighted by Crippen LogP contribution is -2.21. The normalized spacial score (nSPS) is 17.7. The van der Waals surface area contributed by atoms with Gasteiger partial charge in [-0.05, 0) is 53.6 Å². The van der Waals surface area contributed by atoms with Crippen molar-refractivity contribution in [1.29, 1.82) is 0 Å². The molecule has 0 saturated heterocycles. The minimum atomic E-state index is -0.448. The molecule has 3 aromatic carbocycles. The van der Waals surface area contributed by atoms with Crippen LogP contribution in [-0.4, -0.2) is 29.9 Å². The van der Waals surface area contributed by atoms with E-state index in [1.54, 1.807) is 66.7 Å². The van der Waals surface area contributed by atoms with Gasteiger partial charge >= 0.3 is 11.9 Å². The van der Waals surface area contributed by atoms with Crippen molar-refractivity contribution in [3.63, 3.8) is 0 Å².